The lowest BCUT2D eigenvalue weighted by atomic mass is 10.00. The number of ether oxygens (including phenoxy) is 2. The molecule has 0 saturated carbocycles. The first-order valence-electron chi connectivity index (χ1n) is 10.5. The zero-order valence-corrected chi connectivity index (χ0v) is 18.6. The lowest BCUT2D eigenvalue weighted by Gasteiger charge is -2.22. The summed E-state index contributed by atoms with van der Waals surface area (Å²) in [6.45, 7) is 7.91. The molecule has 7 nitrogen and oxygen atoms in total. The van der Waals surface area contributed by atoms with E-state index in [0.717, 1.165) is 44.9 Å². The Morgan fingerprint density at radius 2 is 1.50 bits per heavy atom. The largest absolute Gasteiger partial charge is 0.465 e. The molecule has 0 rings (SSSR count). The van der Waals surface area contributed by atoms with Crippen LogP contribution in [-0.2, 0) is 29.2 Å². The fraction of sp³-hybridized carbons (Fsp3) is 0.900. The maximum Gasteiger partial charge on any atom is 0.327 e. The summed E-state index contributed by atoms with van der Waals surface area (Å²) in [6, 6.07) is 0. The Kier molecular flexibility index (Phi) is 14.2. The van der Waals surface area contributed by atoms with Gasteiger partial charge in [-0.2, -0.15) is 8.42 Å². The Balaban J connectivity index is 5.00. The van der Waals surface area contributed by atoms with E-state index in [0.29, 0.717) is 6.42 Å². The van der Waals surface area contributed by atoms with Crippen LogP contribution in [0.25, 0.3) is 0 Å². The SMILES string of the molecule is CCCCCCOC(=O)C(CC)C(C(=O)OCC(CC)CCCC)S(=O)(=O)O. The van der Waals surface area contributed by atoms with E-state index < -0.39 is 33.2 Å². The van der Waals surface area contributed by atoms with Gasteiger partial charge in [-0.25, -0.2) is 0 Å². The smallest absolute Gasteiger partial charge is 0.327 e. The number of carbonyl (C=O) groups is 2. The van der Waals surface area contributed by atoms with Crippen LogP contribution in [0.5, 0.6) is 0 Å². The van der Waals surface area contributed by atoms with E-state index in [1.54, 1.807) is 6.92 Å². The van der Waals surface area contributed by atoms with Crippen LogP contribution in [0, 0.1) is 11.8 Å². The quantitative estimate of drug-likeness (QED) is 0.226. The zero-order chi connectivity index (χ0) is 21.6. The van der Waals surface area contributed by atoms with Crippen molar-refractivity contribution in [3.63, 3.8) is 0 Å². The fourth-order valence-corrected chi connectivity index (χ4v) is 4.02. The van der Waals surface area contributed by atoms with Crippen molar-refractivity contribution >= 4 is 22.1 Å². The Morgan fingerprint density at radius 3 is 2.00 bits per heavy atom. The van der Waals surface area contributed by atoms with Crippen molar-refractivity contribution in [3.8, 4) is 0 Å². The van der Waals surface area contributed by atoms with Crippen molar-refractivity contribution in [2.45, 2.75) is 90.7 Å². The first-order chi connectivity index (χ1) is 13.2. The summed E-state index contributed by atoms with van der Waals surface area (Å²) in [7, 11) is -4.81. The Morgan fingerprint density at radius 1 is 0.857 bits per heavy atom. The molecule has 0 bridgehead atoms. The van der Waals surface area contributed by atoms with E-state index in [-0.39, 0.29) is 25.6 Å². The average Bonchev–Trinajstić information content (AvgIpc) is 2.64. The minimum atomic E-state index is -4.81. The molecule has 28 heavy (non-hydrogen) atoms. The van der Waals surface area contributed by atoms with Gasteiger partial charge in [0.05, 0.1) is 19.1 Å². The summed E-state index contributed by atoms with van der Waals surface area (Å²) in [4.78, 5) is 24.8. The van der Waals surface area contributed by atoms with Crippen molar-refractivity contribution in [1.82, 2.24) is 0 Å². The molecule has 3 unspecified atom stereocenters. The molecule has 1 N–H and O–H groups in total. The van der Waals surface area contributed by atoms with Crippen LogP contribution in [0.3, 0.4) is 0 Å². The number of hydrogen-bond acceptors (Lipinski definition) is 6. The van der Waals surface area contributed by atoms with Gasteiger partial charge in [0.25, 0.3) is 10.1 Å². The third-order valence-corrected chi connectivity index (χ3v) is 6.07. The Labute approximate surface area is 170 Å². The number of esters is 2. The van der Waals surface area contributed by atoms with Gasteiger partial charge in [-0.05, 0) is 25.2 Å². The predicted molar refractivity (Wildman–Crippen MR) is 108 cm³/mol. The molecule has 0 aliphatic carbocycles. The van der Waals surface area contributed by atoms with Crippen molar-refractivity contribution in [2.75, 3.05) is 13.2 Å². The number of rotatable bonds is 16. The minimum Gasteiger partial charge on any atom is -0.465 e. The van der Waals surface area contributed by atoms with E-state index in [4.69, 9.17) is 9.47 Å². The van der Waals surface area contributed by atoms with Crippen molar-refractivity contribution < 1.29 is 32.0 Å². The third-order valence-electron chi connectivity index (χ3n) is 4.91. The molecule has 0 aromatic rings. The van der Waals surface area contributed by atoms with E-state index in [1.165, 1.54) is 0 Å². The second kappa shape index (κ2) is 14.8. The molecule has 0 aliphatic rings. The molecular formula is C20H38O7S. The van der Waals surface area contributed by atoms with Gasteiger partial charge in [-0.3, -0.25) is 14.1 Å². The van der Waals surface area contributed by atoms with E-state index in [1.807, 2.05) is 6.92 Å². The Bertz CT molecular complexity index is 545. The van der Waals surface area contributed by atoms with Gasteiger partial charge in [-0.1, -0.05) is 66.2 Å². The van der Waals surface area contributed by atoms with Gasteiger partial charge in [0, 0.05) is 0 Å². The number of unbranched alkanes of at least 4 members (excludes halogenated alkanes) is 4. The van der Waals surface area contributed by atoms with Crippen LogP contribution in [0.1, 0.15) is 85.5 Å². The molecule has 0 amide bonds. The summed E-state index contributed by atoms with van der Waals surface area (Å²) in [6.07, 6.45) is 7.34. The standard InChI is InChI=1S/C20H38O7S/c1-5-9-11-12-14-26-19(21)17(8-4)18(28(23,24)25)20(22)27-15-16(7-3)13-10-6-2/h16-18H,5-15H2,1-4H3,(H,23,24,25). The molecule has 0 heterocycles. The second-order valence-electron chi connectivity index (χ2n) is 7.23. The maximum atomic E-state index is 12.4. The van der Waals surface area contributed by atoms with Gasteiger partial charge < -0.3 is 9.47 Å². The summed E-state index contributed by atoms with van der Waals surface area (Å²) in [5.74, 6) is -3.05. The van der Waals surface area contributed by atoms with Crippen LogP contribution in [-0.4, -0.2) is 43.4 Å². The van der Waals surface area contributed by atoms with Crippen molar-refractivity contribution in [1.29, 1.82) is 0 Å². The molecule has 0 aromatic carbocycles. The van der Waals surface area contributed by atoms with E-state index in [2.05, 4.69) is 13.8 Å². The molecule has 0 fully saturated rings. The highest BCUT2D eigenvalue weighted by Crippen LogP contribution is 2.21. The van der Waals surface area contributed by atoms with E-state index in [9.17, 15) is 22.6 Å². The highest BCUT2D eigenvalue weighted by Gasteiger charge is 2.44. The first-order valence-corrected chi connectivity index (χ1v) is 12.0. The lowest BCUT2D eigenvalue weighted by molar-refractivity contribution is -0.155. The maximum absolute atomic E-state index is 12.4. The van der Waals surface area contributed by atoms with Gasteiger partial charge in [0.2, 0.25) is 0 Å². The minimum absolute atomic E-state index is 0.0421. The van der Waals surface area contributed by atoms with Crippen LogP contribution >= 0.6 is 0 Å². The summed E-state index contributed by atoms with van der Waals surface area (Å²) in [5, 5.41) is -1.95. The molecule has 166 valence electrons. The van der Waals surface area contributed by atoms with Crippen LogP contribution in [0.4, 0.5) is 0 Å². The zero-order valence-electron chi connectivity index (χ0n) is 17.8. The number of carbonyl (C=O) groups excluding carboxylic acids is 2. The highest BCUT2D eigenvalue weighted by atomic mass is 32.2. The normalized spacial score (nSPS) is 14.9. The van der Waals surface area contributed by atoms with Gasteiger partial charge >= 0.3 is 11.9 Å². The average molecular weight is 423 g/mol. The molecule has 8 heteroatoms. The molecule has 0 aromatic heterocycles. The predicted octanol–water partition coefficient (Wildman–Crippen LogP) is 4.15. The van der Waals surface area contributed by atoms with E-state index >= 15 is 0 Å². The summed E-state index contributed by atoms with van der Waals surface area (Å²) < 4.78 is 43.6. The topological polar surface area (TPSA) is 107 Å². The second-order valence-corrected chi connectivity index (χ2v) is 8.76. The molecular weight excluding hydrogens is 384 g/mol. The van der Waals surface area contributed by atoms with Crippen LogP contribution in [0.15, 0.2) is 0 Å². The van der Waals surface area contributed by atoms with Crippen molar-refractivity contribution in [3.05, 3.63) is 0 Å². The van der Waals surface area contributed by atoms with Crippen LogP contribution in [0.2, 0.25) is 0 Å². The molecule has 0 spiro atoms. The van der Waals surface area contributed by atoms with Gasteiger partial charge in [-0.15, -0.1) is 0 Å². The Hall–Kier alpha value is -1.15. The summed E-state index contributed by atoms with van der Waals surface area (Å²) in [5.41, 5.74) is 0. The lowest BCUT2D eigenvalue weighted by Crippen LogP contribution is -2.43. The van der Waals surface area contributed by atoms with Crippen molar-refractivity contribution in [2.24, 2.45) is 11.8 Å². The highest BCUT2D eigenvalue weighted by molar-refractivity contribution is 7.87. The molecule has 0 aliphatic heterocycles. The number of hydrogen-bond donors (Lipinski definition) is 1. The molecule has 0 saturated heterocycles. The molecule has 0 radical (unpaired) electrons. The third kappa shape index (κ3) is 10.4. The fourth-order valence-electron chi connectivity index (χ4n) is 2.99. The van der Waals surface area contributed by atoms with Gasteiger partial charge in [0.1, 0.15) is 0 Å². The summed E-state index contributed by atoms with van der Waals surface area (Å²) >= 11 is 0. The first kappa shape index (κ1) is 26.9. The molecule has 3 atom stereocenters. The van der Waals surface area contributed by atoms with Crippen LogP contribution < -0.4 is 0 Å². The monoisotopic (exact) mass is 422 g/mol. The van der Waals surface area contributed by atoms with Gasteiger partial charge in [0.15, 0.2) is 5.25 Å².